The van der Waals surface area contributed by atoms with Gasteiger partial charge in [0.1, 0.15) is 5.75 Å². The Labute approximate surface area is 146 Å². The Kier molecular flexibility index (Phi) is 6.98. The average molecular weight is 342 g/mol. The smallest absolute Gasteiger partial charge is 0.255 e. The normalized spacial score (nSPS) is 10.3. The molecule has 132 valence electrons. The Bertz CT molecular complexity index is 714. The van der Waals surface area contributed by atoms with Crippen molar-refractivity contribution >= 4 is 11.8 Å². The van der Waals surface area contributed by atoms with Gasteiger partial charge in [-0.05, 0) is 42.3 Å². The molecule has 25 heavy (non-hydrogen) atoms. The van der Waals surface area contributed by atoms with Crippen molar-refractivity contribution < 1.29 is 19.1 Å². The van der Waals surface area contributed by atoms with E-state index in [1.165, 1.54) is 0 Å². The summed E-state index contributed by atoms with van der Waals surface area (Å²) in [5, 5.41) is 2.89. The molecular formula is C19H22N2O4. The van der Waals surface area contributed by atoms with E-state index in [2.05, 4.69) is 5.32 Å². The van der Waals surface area contributed by atoms with E-state index in [0.717, 1.165) is 11.1 Å². The van der Waals surface area contributed by atoms with Crippen molar-refractivity contribution in [3.63, 3.8) is 0 Å². The van der Waals surface area contributed by atoms with Crippen molar-refractivity contribution in [1.29, 1.82) is 0 Å². The number of primary amides is 1. The van der Waals surface area contributed by atoms with Crippen LogP contribution in [-0.4, -0.2) is 25.0 Å². The number of nitrogens with one attached hydrogen (secondary N) is 1. The molecule has 0 atom stereocenters. The third-order valence-electron chi connectivity index (χ3n) is 3.52. The molecule has 2 aromatic rings. The monoisotopic (exact) mass is 342 g/mol. The molecule has 2 aromatic carbocycles. The fourth-order valence-corrected chi connectivity index (χ4v) is 2.22. The number of benzene rings is 2. The van der Waals surface area contributed by atoms with Crippen molar-refractivity contribution in [2.75, 3.05) is 13.2 Å². The molecule has 0 heterocycles. The van der Waals surface area contributed by atoms with Gasteiger partial charge in [0.25, 0.3) is 11.8 Å². The van der Waals surface area contributed by atoms with Crippen molar-refractivity contribution in [3.8, 4) is 5.75 Å². The first-order valence-electron chi connectivity index (χ1n) is 8.04. The number of rotatable bonds is 9. The van der Waals surface area contributed by atoms with Crippen LogP contribution in [0.15, 0.2) is 48.5 Å². The van der Waals surface area contributed by atoms with Crippen molar-refractivity contribution in [2.45, 2.75) is 20.1 Å². The van der Waals surface area contributed by atoms with E-state index in [1.54, 1.807) is 24.3 Å². The Balaban J connectivity index is 1.93. The van der Waals surface area contributed by atoms with E-state index in [-0.39, 0.29) is 12.5 Å². The number of amides is 2. The summed E-state index contributed by atoms with van der Waals surface area (Å²) >= 11 is 0. The van der Waals surface area contributed by atoms with Gasteiger partial charge in [-0.1, -0.05) is 24.3 Å². The van der Waals surface area contributed by atoms with Gasteiger partial charge in [0.05, 0.1) is 6.61 Å². The van der Waals surface area contributed by atoms with Gasteiger partial charge in [-0.25, -0.2) is 0 Å². The maximum atomic E-state index is 12.3. The van der Waals surface area contributed by atoms with Crippen LogP contribution in [-0.2, 0) is 22.7 Å². The molecule has 3 N–H and O–H groups in total. The predicted octanol–water partition coefficient (Wildman–Crippen LogP) is 2.02. The number of ether oxygens (including phenoxy) is 2. The van der Waals surface area contributed by atoms with Gasteiger partial charge in [-0.2, -0.15) is 0 Å². The van der Waals surface area contributed by atoms with Crippen molar-refractivity contribution in [3.05, 3.63) is 65.2 Å². The summed E-state index contributed by atoms with van der Waals surface area (Å²) in [7, 11) is 0. The molecule has 0 unspecified atom stereocenters. The van der Waals surface area contributed by atoms with E-state index >= 15 is 0 Å². The van der Waals surface area contributed by atoms with Crippen LogP contribution < -0.4 is 15.8 Å². The summed E-state index contributed by atoms with van der Waals surface area (Å²) in [6.07, 6.45) is 0. The molecule has 6 heteroatoms. The lowest BCUT2D eigenvalue weighted by molar-refractivity contribution is -0.119. The summed E-state index contributed by atoms with van der Waals surface area (Å²) in [4.78, 5) is 22.9. The molecule has 0 aliphatic rings. The first-order valence-corrected chi connectivity index (χ1v) is 8.04. The second kappa shape index (κ2) is 9.44. The van der Waals surface area contributed by atoms with Gasteiger partial charge in [0.2, 0.25) is 0 Å². The minimum atomic E-state index is -0.549. The lowest BCUT2D eigenvalue weighted by Gasteiger charge is -2.11. The fraction of sp³-hybridized carbons (Fsp3) is 0.263. The molecule has 0 radical (unpaired) electrons. The predicted molar refractivity (Wildman–Crippen MR) is 94.1 cm³/mol. The highest BCUT2D eigenvalue weighted by Crippen LogP contribution is 2.13. The summed E-state index contributed by atoms with van der Waals surface area (Å²) in [5.41, 5.74) is 7.60. The van der Waals surface area contributed by atoms with Gasteiger partial charge in [-0.15, -0.1) is 0 Å². The summed E-state index contributed by atoms with van der Waals surface area (Å²) in [6.45, 7) is 3.34. The van der Waals surface area contributed by atoms with Crippen LogP contribution in [0.3, 0.4) is 0 Å². The second-order valence-corrected chi connectivity index (χ2v) is 5.37. The molecule has 0 bridgehead atoms. The molecule has 0 saturated heterocycles. The van der Waals surface area contributed by atoms with Crippen LogP contribution in [0.4, 0.5) is 0 Å². The molecule has 0 saturated carbocycles. The quantitative estimate of drug-likeness (QED) is 0.729. The molecule has 0 aliphatic heterocycles. The third kappa shape index (κ3) is 5.93. The Hall–Kier alpha value is -2.86. The number of carbonyl (C=O) groups is 2. The minimum Gasteiger partial charge on any atom is -0.484 e. The Morgan fingerprint density at radius 3 is 2.36 bits per heavy atom. The molecule has 0 fully saturated rings. The summed E-state index contributed by atoms with van der Waals surface area (Å²) in [6, 6.07) is 14.4. The number of hydrogen-bond donors (Lipinski definition) is 2. The van der Waals surface area contributed by atoms with Crippen LogP contribution in [0.25, 0.3) is 0 Å². The Morgan fingerprint density at radius 2 is 1.72 bits per heavy atom. The van der Waals surface area contributed by atoms with E-state index in [4.69, 9.17) is 15.2 Å². The highest BCUT2D eigenvalue weighted by atomic mass is 16.5. The van der Waals surface area contributed by atoms with E-state index in [9.17, 15) is 9.59 Å². The minimum absolute atomic E-state index is 0.187. The number of nitrogens with two attached hydrogens (primary N) is 1. The first kappa shape index (κ1) is 18.5. The van der Waals surface area contributed by atoms with Crippen molar-refractivity contribution in [1.82, 2.24) is 5.32 Å². The average Bonchev–Trinajstić information content (AvgIpc) is 2.63. The fourth-order valence-electron chi connectivity index (χ4n) is 2.22. The maximum Gasteiger partial charge on any atom is 0.255 e. The van der Waals surface area contributed by atoms with E-state index in [1.807, 2.05) is 31.2 Å². The highest BCUT2D eigenvalue weighted by Gasteiger charge is 2.08. The number of carbonyl (C=O) groups excluding carboxylic acids is 2. The van der Waals surface area contributed by atoms with Gasteiger partial charge in [-0.3, -0.25) is 9.59 Å². The Morgan fingerprint density at radius 1 is 1.04 bits per heavy atom. The second-order valence-electron chi connectivity index (χ2n) is 5.37. The molecule has 6 nitrogen and oxygen atoms in total. The lowest BCUT2D eigenvalue weighted by Crippen LogP contribution is -2.23. The zero-order valence-corrected chi connectivity index (χ0v) is 14.2. The molecule has 0 spiro atoms. The van der Waals surface area contributed by atoms with Gasteiger partial charge >= 0.3 is 0 Å². The van der Waals surface area contributed by atoms with Gasteiger partial charge in [0.15, 0.2) is 6.61 Å². The first-order chi connectivity index (χ1) is 12.1. The third-order valence-corrected chi connectivity index (χ3v) is 3.52. The molecule has 2 amide bonds. The van der Waals surface area contributed by atoms with E-state index in [0.29, 0.717) is 31.1 Å². The molecule has 0 aromatic heterocycles. The molecule has 2 rings (SSSR count). The SMILES string of the molecule is CCOCc1ccccc1CNC(=O)c1ccc(OCC(N)=O)cc1. The summed E-state index contributed by atoms with van der Waals surface area (Å²) in [5.74, 6) is -0.252. The van der Waals surface area contributed by atoms with Gasteiger partial charge < -0.3 is 20.5 Å². The van der Waals surface area contributed by atoms with Crippen LogP contribution in [0.2, 0.25) is 0 Å². The highest BCUT2D eigenvalue weighted by molar-refractivity contribution is 5.94. The largest absolute Gasteiger partial charge is 0.484 e. The zero-order chi connectivity index (χ0) is 18.1. The standard InChI is InChI=1S/C19H22N2O4/c1-2-24-12-16-6-4-3-5-15(16)11-21-19(23)14-7-9-17(10-8-14)25-13-18(20)22/h3-10H,2,11-13H2,1H3,(H2,20,22)(H,21,23). The number of hydrogen-bond acceptors (Lipinski definition) is 4. The molecule has 0 aliphatic carbocycles. The lowest BCUT2D eigenvalue weighted by atomic mass is 10.1. The van der Waals surface area contributed by atoms with Crippen LogP contribution >= 0.6 is 0 Å². The maximum absolute atomic E-state index is 12.3. The van der Waals surface area contributed by atoms with Crippen LogP contribution in [0.5, 0.6) is 5.75 Å². The summed E-state index contributed by atoms with van der Waals surface area (Å²) < 4.78 is 10.6. The topological polar surface area (TPSA) is 90.7 Å². The van der Waals surface area contributed by atoms with Crippen molar-refractivity contribution in [2.24, 2.45) is 5.73 Å². The van der Waals surface area contributed by atoms with Gasteiger partial charge in [0, 0.05) is 18.7 Å². The zero-order valence-electron chi connectivity index (χ0n) is 14.2. The molecular weight excluding hydrogens is 320 g/mol. The van der Waals surface area contributed by atoms with E-state index < -0.39 is 5.91 Å². The van der Waals surface area contributed by atoms with Crippen LogP contribution in [0, 0.1) is 0 Å². The van der Waals surface area contributed by atoms with Crippen LogP contribution in [0.1, 0.15) is 28.4 Å².